The molecule has 0 bridgehead atoms. The summed E-state index contributed by atoms with van der Waals surface area (Å²) in [6.07, 6.45) is 0. The number of benzene rings is 1. The van der Waals surface area contributed by atoms with Crippen LogP contribution in [0, 0.1) is 6.92 Å². The van der Waals surface area contributed by atoms with E-state index in [9.17, 15) is 0 Å². The summed E-state index contributed by atoms with van der Waals surface area (Å²) in [5.41, 5.74) is 8.14. The van der Waals surface area contributed by atoms with Crippen molar-refractivity contribution < 1.29 is 9.47 Å². The standard InChI is InChI=1S/C16H21N3O2/c1-4-20-14-8-6-12(10-15(14)21-5-2)19-16-9-7-13(17)11(3)18-16/h6-10H,4-5,17H2,1-3H3,(H,18,19). The number of hydrogen-bond acceptors (Lipinski definition) is 5. The molecule has 0 radical (unpaired) electrons. The van der Waals surface area contributed by atoms with Crippen LogP contribution < -0.4 is 20.5 Å². The van der Waals surface area contributed by atoms with E-state index in [1.807, 2.05) is 51.1 Å². The maximum absolute atomic E-state index is 5.77. The maximum atomic E-state index is 5.77. The van der Waals surface area contributed by atoms with E-state index >= 15 is 0 Å². The van der Waals surface area contributed by atoms with Crippen molar-refractivity contribution in [2.75, 3.05) is 24.3 Å². The van der Waals surface area contributed by atoms with E-state index in [2.05, 4.69) is 10.3 Å². The lowest BCUT2D eigenvalue weighted by Gasteiger charge is -2.13. The van der Waals surface area contributed by atoms with Gasteiger partial charge in [0, 0.05) is 11.8 Å². The van der Waals surface area contributed by atoms with Gasteiger partial charge in [0.15, 0.2) is 11.5 Å². The third-order valence-corrected chi connectivity index (χ3v) is 2.94. The van der Waals surface area contributed by atoms with E-state index in [4.69, 9.17) is 15.2 Å². The van der Waals surface area contributed by atoms with E-state index < -0.39 is 0 Å². The third-order valence-electron chi connectivity index (χ3n) is 2.94. The van der Waals surface area contributed by atoms with E-state index in [0.717, 1.165) is 28.7 Å². The van der Waals surface area contributed by atoms with Crippen LogP contribution in [-0.4, -0.2) is 18.2 Å². The average molecular weight is 287 g/mol. The molecule has 21 heavy (non-hydrogen) atoms. The fourth-order valence-corrected chi connectivity index (χ4v) is 1.92. The molecule has 0 amide bonds. The largest absolute Gasteiger partial charge is 0.490 e. The topological polar surface area (TPSA) is 69.4 Å². The number of ether oxygens (including phenoxy) is 2. The quantitative estimate of drug-likeness (QED) is 0.850. The summed E-state index contributed by atoms with van der Waals surface area (Å²) in [5.74, 6) is 2.20. The Kier molecular flexibility index (Phi) is 4.87. The first kappa shape index (κ1) is 15.0. The molecule has 0 fully saturated rings. The van der Waals surface area contributed by atoms with Crippen LogP contribution in [0.5, 0.6) is 11.5 Å². The van der Waals surface area contributed by atoms with Crippen molar-refractivity contribution in [3.05, 3.63) is 36.0 Å². The van der Waals surface area contributed by atoms with Crippen molar-refractivity contribution in [3.63, 3.8) is 0 Å². The van der Waals surface area contributed by atoms with Crippen molar-refractivity contribution in [1.29, 1.82) is 0 Å². The Hall–Kier alpha value is -2.43. The number of aryl methyl sites for hydroxylation is 1. The molecule has 0 aliphatic heterocycles. The number of anilines is 3. The molecule has 0 aliphatic rings. The first-order valence-corrected chi connectivity index (χ1v) is 7.03. The second-order valence-electron chi connectivity index (χ2n) is 4.52. The Bertz CT molecular complexity index is 614. The molecule has 0 atom stereocenters. The molecule has 112 valence electrons. The van der Waals surface area contributed by atoms with Crippen molar-refractivity contribution >= 4 is 17.2 Å². The van der Waals surface area contributed by atoms with Crippen LogP contribution >= 0.6 is 0 Å². The minimum absolute atomic E-state index is 0.586. The number of nitrogens with one attached hydrogen (secondary N) is 1. The molecule has 0 aliphatic carbocycles. The van der Waals surface area contributed by atoms with Gasteiger partial charge in [-0.15, -0.1) is 0 Å². The van der Waals surface area contributed by atoms with E-state index in [1.165, 1.54) is 0 Å². The molecule has 1 aromatic heterocycles. The molecule has 1 aromatic carbocycles. The second kappa shape index (κ2) is 6.83. The van der Waals surface area contributed by atoms with Gasteiger partial charge in [-0.05, 0) is 45.0 Å². The summed E-state index contributed by atoms with van der Waals surface area (Å²) in [6.45, 7) is 6.96. The van der Waals surface area contributed by atoms with E-state index in [0.29, 0.717) is 18.9 Å². The van der Waals surface area contributed by atoms with Crippen LogP contribution in [-0.2, 0) is 0 Å². The van der Waals surface area contributed by atoms with E-state index in [1.54, 1.807) is 0 Å². The number of hydrogen-bond donors (Lipinski definition) is 2. The monoisotopic (exact) mass is 287 g/mol. The Morgan fingerprint density at radius 2 is 1.76 bits per heavy atom. The summed E-state index contributed by atoms with van der Waals surface area (Å²) in [7, 11) is 0. The number of nitrogens with two attached hydrogens (primary N) is 1. The Labute approximate surface area is 125 Å². The number of aromatic nitrogens is 1. The lowest BCUT2D eigenvalue weighted by Crippen LogP contribution is -2.01. The van der Waals surface area contributed by atoms with Gasteiger partial charge in [0.25, 0.3) is 0 Å². The highest BCUT2D eigenvalue weighted by molar-refractivity contribution is 5.62. The zero-order valence-corrected chi connectivity index (χ0v) is 12.6. The molecule has 0 saturated carbocycles. The zero-order chi connectivity index (χ0) is 15.2. The Morgan fingerprint density at radius 1 is 1.05 bits per heavy atom. The first-order chi connectivity index (χ1) is 10.1. The normalized spacial score (nSPS) is 10.2. The molecule has 1 heterocycles. The molecule has 5 heteroatoms. The fraction of sp³-hybridized carbons (Fsp3) is 0.312. The minimum Gasteiger partial charge on any atom is -0.490 e. The van der Waals surface area contributed by atoms with Crippen LogP contribution in [0.25, 0.3) is 0 Å². The highest BCUT2D eigenvalue weighted by Crippen LogP contribution is 2.31. The summed E-state index contributed by atoms with van der Waals surface area (Å²) in [4.78, 5) is 4.39. The fourth-order valence-electron chi connectivity index (χ4n) is 1.92. The molecule has 2 aromatic rings. The smallest absolute Gasteiger partial charge is 0.163 e. The van der Waals surface area contributed by atoms with Gasteiger partial charge in [0.1, 0.15) is 5.82 Å². The number of nitrogen functional groups attached to an aromatic ring is 1. The molecular formula is C16H21N3O2. The van der Waals surface area contributed by atoms with Crippen molar-refractivity contribution in [1.82, 2.24) is 4.98 Å². The van der Waals surface area contributed by atoms with Gasteiger partial charge in [-0.2, -0.15) is 0 Å². The molecule has 0 saturated heterocycles. The van der Waals surface area contributed by atoms with Crippen molar-refractivity contribution in [3.8, 4) is 11.5 Å². The zero-order valence-electron chi connectivity index (χ0n) is 12.6. The van der Waals surface area contributed by atoms with Crippen LogP contribution in [0.4, 0.5) is 17.2 Å². The highest BCUT2D eigenvalue weighted by Gasteiger charge is 2.07. The summed E-state index contributed by atoms with van der Waals surface area (Å²) in [5, 5.41) is 3.24. The predicted octanol–water partition coefficient (Wildman–Crippen LogP) is 3.51. The molecule has 0 unspecified atom stereocenters. The molecule has 5 nitrogen and oxygen atoms in total. The van der Waals surface area contributed by atoms with Gasteiger partial charge in [0.2, 0.25) is 0 Å². The van der Waals surface area contributed by atoms with Gasteiger partial charge in [-0.25, -0.2) is 4.98 Å². The maximum Gasteiger partial charge on any atom is 0.163 e. The summed E-state index contributed by atoms with van der Waals surface area (Å²) in [6, 6.07) is 9.41. The predicted molar refractivity (Wildman–Crippen MR) is 85.4 cm³/mol. The first-order valence-electron chi connectivity index (χ1n) is 7.03. The summed E-state index contributed by atoms with van der Waals surface area (Å²) >= 11 is 0. The number of nitrogens with zero attached hydrogens (tertiary/aromatic N) is 1. The number of pyridine rings is 1. The highest BCUT2D eigenvalue weighted by atomic mass is 16.5. The lowest BCUT2D eigenvalue weighted by molar-refractivity contribution is 0.288. The van der Waals surface area contributed by atoms with Crippen LogP contribution in [0.3, 0.4) is 0 Å². The molecule has 2 rings (SSSR count). The third kappa shape index (κ3) is 3.78. The second-order valence-corrected chi connectivity index (χ2v) is 4.52. The average Bonchev–Trinajstić information content (AvgIpc) is 2.46. The van der Waals surface area contributed by atoms with Gasteiger partial charge < -0.3 is 20.5 Å². The van der Waals surface area contributed by atoms with Gasteiger partial charge in [-0.1, -0.05) is 0 Å². The van der Waals surface area contributed by atoms with Crippen molar-refractivity contribution in [2.24, 2.45) is 0 Å². The lowest BCUT2D eigenvalue weighted by atomic mass is 10.2. The minimum atomic E-state index is 0.586. The Morgan fingerprint density at radius 3 is 2.43 bits per heavy atom. The van der Waals surface area contributed by atoms with Crippen LogP contribution in [0.1, 0.15) is 19.5 Å². The van der Waals surface area contributed by atoms with Crippen molar-refractivity contribution in [2.45, 2.75) is 20.8 Å². The molecule has 3 N–H and O–H groups in total. The van der Waals surface area contributed by atoms with Crippen LogP contribution in [0.15, 0.2) is 30.3 Å². The van der Waals surface area contributed by atoms with Crippen LogP contribution in [0.2, 0.25) is 0 Å². The van der Waals surface area contributed by atoms with Gasteiger partial charge >= 0.3 is 0 Å². The molecular weight excluding hydrogens is 266 g/mol. The molecule has 0 spiro atoms. The van der Waals surface area contributed by atoms with Gasteiger partial charge in [-0.3, -0.25) is 0 Å². The SMILES string of the molecule is CCOc1ccc(Nc2ccc(N)c(C)n2)cc1OCC. The Balaban J connectivity index is 2.23. The van der Waals surface area contributed by atoms with E-state index in [-0.39, 0.29) is 0 Å². The summed E-state index contributed by atoms with van der Waals surface area (Å²) < 4.78 is 11.2. The number of rotatable bonds is 6. The van der Waals surface area contributed by atoms with Gasteiger partial charge in [0.05, 0.1) is 24.6 Å².